The van der Waals surface area contributed by atoms with Crippen LogP contribution in [0.4, 0.5) is 0 Å². The van der Waals surface area contributed by atoms with Crippen molar-refractivity contribution in [1.82, 2.24) is 15.1 Å². The smallest absolute Gasteiger partial charge is 0.244 e. The van der Waals surface area contributed by atoms with Crippen molar-refractivity contribution in [3.8, 4) is 11.5 Å². The number of para-hydroxylation sites is 1. The molecule has 0 saturated heterocycles. The van der Waals surface area contributed by atoms with Crippen molar-refractivity contribution >= 4 is 10.9 Å². The van der Waals surface area contributed by atoms with Crippen molar-refractivity contribution in [2.24, 2.45) is 5.73 Å². The lowest BCUT2D eigenvalue weighted by Crippen LogP contribution is -2.12. The Kier molecular flexibility index (Phi) is 3.64. The van der Waals surface area contributed by atoms with Crippen LogP contribution >= 0.6 is 0 Å². The number of aliphatic hydroxyl groups is 1. The Balaban J connectivity index is 2.01. The molecule has 3 N–H and O–H groups in total. The summed E-state index contributed by atoms with van der Waals surface area (Å²) in [6.07, 6.45) is 0.381. The molecule has 108 valence electrons. The molecule has 0 aliphatic carbocycles. The van der Waals surface area contributed by atoms with Crippen molar-refractivity contribution in [2.75, 3.05) is 6.61 Å². The largest absolute Gasteiger partial charge is 0.396 e. The molecule has 0 aliphatic heterocycles. The number of aliphatic hydroxyl groups excluding tert-OH is 1. The van der Waals surface area contributed by atoms with E-state index in [1.807, 2.05) is 37.3 Å². The maximum atomic E-state index is 8.89. The summed E-state index contributed by atoms with van der Waals surface area (Å²) in [5.74, 6) is 0.721. The van der Waals surface area contributed by atoms with E-state index < -0.39 is 6.04 Å². The molecule has 0 saturated carbocycles. The summed E-state index contributed by atoms with van der Waals surface area (Å²) >= 11 is 0. The predicted molar refractivity (Wildman–Crippen MR) is 78.4 cm³/mol. The zero-order chi connectivity index (χ0) is 14.8. The third kappa shape index (κ3) is 2.63. The van der Waals surface area contributed by atoms with Gasteiger partial charge in [-0.1, -0.05) is 23.4 Å². The van der Waals surface area contributed by atoms with E-state index in [9.17, 15) is 0 Å². The summed E-state index contributed by atoms with van der Waals surface area (Å²) in [5, 5.41) is 13.9. The highest BCUT2D eigenvalue weighted by molar-refractivity contribution is 5.84. The molecule has 1 atom stereocenters. The van der Waals surface area contributed by atoms with E-state index in [0.717, 1.165) is 16.5 Å². The number of aryl methyl sites for hydroxylation is 1. The van der Waals surface area contributed by atoms with Crippen LogP contribution in [0.5, 0.6) is 0 Å². The molecule has 0 aliphatic rings. The third-order valence-corrected chi connectivity index (χ3v) is 3.35. The molecule has 0 spiro atoms. The van der Waals surface area contributed by atoms with E-state index in [-0.39, 0.29) is 6.61 Å². The molecule has 2 aromatic heterocycles. The molecular weight excluding hydrogens is 268 g/mol. The van der Waals surface area contributed by atoms with Gasteiger partial charge in [-0.2, -0.15) is 4.98 Å². The van der Waals surface area contributed by atoms with Gasteiger partial charge in [0, 0.05) is 12.0 Å². The summed E-state index contributed by atoms with van der Waals surface area (Å²) in [6, 6.07) is 9.37. The van der Waals surface area contributed by atoms with Crippen LogP contribution in [0.3, 0.4) is 0 Å². The molecule has 2 heterocycles. The fraction of sp³-hybridized carbons (Fsp3) is 0.267. The minimum absolute atomic E-state index is 0.0216. The molecule has 0 radical (unpaired) electrons. The van der Waals surface area contributed by atoms with E-state index in [1.54, 1.807) is 0 Å². The summed E-state index contributed by atoms with van der Waals surface area (Å²) < 4.78 is 5.15. The van der Waals surface area contributed by atoms with Crippen LogP contribution in [0.15, 0.2) is 34.9 Å². The maximum Gasteiger partial charge on any atom is 0.244 e. The quantitative estimate of drug-likeness (QED) is 0.760. The van der Waals surface area contributed by atoms with Crippen molar-refractivity contribution in [1.29, 1.82) is 0 Å². The van der Waals surface area contributed by atoms with Gasteiger partial charge < -0.3 is 15.4 Å². The van der Waals surface area contributed by atoms with Crippen LogP contribution in [-0.2, 0) is 0 Å². The van der Waals surface area contributed by atoms with Gasteiger partial charge in [0.15, 0.2) is 0 Å². The Morgan fingerprint density at radius 3 is 2.90 bits per heavy atom. The molecule has 21 heavy (non-hydrogen) atoms. The normalized spacial score (nSPS) is 12.7. The number of nitrogens with two attached hydrogens (primary N) is 1. The monoisotopic (exact) mass is 284 g/mol. The van der Waals surface area contributed by atoms with Gasteiger partial charge in [-0.05, 0) is 31.0 Å². The topological polar surface area (TPSA) is 98.1 Å². The number of nitrogens with zero attached hydrogens (tertiary/aromatic N) is 3. The van der Waals surface area contributed by atoms with Crippen molar-refractivity contribution < 1.29 is 9.63 Å². The second-order valence-corrected chi connectivity index (χ2v) is 4.92. The Bertz CT molecular complexity index is 769. The van der Waals surface area contributed by atoms with Crippen LogP contribution in [-0.4, -0.2) is 26.8 Å². The number of fused-ring (bicyclic) bond motifs is 1. The van der Waals surface area contributed by atoms with Gasteiger partial charge in [-0.15, -0.1) is 0 Å². The van der Waals surface area contributed by atoms with Gasteiger partial charge in [0.25, 0.3) is 0 Å². The zero-order valence-corrected chi connectivity index (χ0v) is 11.7. The van der Waals surface area contributed by atoms with Gasteiger partial charge in [0.1, 0.15) is 5.69 Å². The fourth-order valence-corrected chi connectivity index (χ4v) is 2.22. The third-order valence-electron chi connectivity index (χ3n) is 3.35. The van der Waals surface area contributed by atoms with Crippen LogP contribution in [0.2, 0.25) is 0 Å². The van der Waals surface area contributed by atoms with Crippen LogP contribution in [0, 0.1) is 6.92 Å². The summed E-state index contributed by atoms with van der Waals surface area (Å²) in [4.78, 5) is 8.82. The average molecular weight is 284 g/mol. The summed E-state index contributed by atoms with van der Waals surface area (Å²) in [5.41, 5.74) is 8.48. The highest BCUT2D eigenvalue weighted by Crippen LogP contribution is 2.23. The fourth-order valence-electron chi connectivity index (χ4n) is 2.22. The molecule has 0 fully saturated rings. The van der Waals surface area contributed by atoms with Gasteiger partial charge in [0.05, 0.1) is 11.6 Å². The van der Waals surface area contributed by atoms with Crippen LogP contribution < -0.4 is 5.73 Å². The number of rotatable bonds is 4. The van der Waals surface area contributed by atoms with Crippen molar-refractivity contribution in [3.05, 3.63) is 41.8 Å². The second-order valence-electron chi connectivity index (χ2n) is 4.92. The number of pyridine rings is 1. The molecule has 0 amide bonds. The van der Waals surface area contributed by atoms with Gasteiger partial charge in [-0.3, -0.25) is 0 Å². The molecule has 0 bridgehead atoms. The van der Waals surface area contributed by atoms with Gasteiger partial charge in [0.2, 0.25) is 11.7 Å². The van der Waals surface area contributed by atoms with E-state index in [0.29, 0.717) is 23.8 Å². The van der Waals surface area contributed by atoms with Gasteiger partial charge in [-0.25, -0.2) is 4.98 Å². The first-order valence-corrected chi connectivity index (χ1v) is 6.76. The lowest BCUT2D eigenvalue weighted by molar-refractivity contribution is 0.259. The van der Waals surface area contributed by atoms with Crippen LogP contribution in [0.1, 0.15) is 23.9 Å². The van der Waals surface area contributed by atoms with Crippen molar-refractivity contribution in [2.45, 2.75) is 19.4 Å². The summed E-state index contributed by atoms with van der Waals surface area (Å²) in [7, 11) is 0. The molecule has 6 heteroatoms. The molecule has 3 rings (SSSR count). The van der Waals surface area contributed by atoms with Gasteiger partial charge >= 0.3 is 0 Å². The minimum atomic E-state index is -0.460. The first-order chi connectivity index (χ1) is 10.2. The first-order valence-electron chi connectivity index (χ1n) is 6.76. The first kappa shape index (κ1) is 13.7. The van der Waals surface area contributed by atoms with E-state index >= 15 is 0 Å². The maximum absolute atomic E-state index is 8.89. The molecule has 3 aromatic rings. The SMILES string of the molecule is Cc1cc(-c2noc(C(N)CCO)n2)nc2ccccc12. The second kappa shape index (κ2) is 5.59. The molecule has 6 nitrogen and oxygen atoms in total. The highest BCUT2D eigenvalue weighted by atomic mass is 16.5. The zero-order valence-electron chi connectivity index (χ0n) is 11.7. The summed E-state index contributed by atoms with van der Waals surface area (Å²) in [6.45, 7) is 2.00. The van der Waals surface area contributed by atoms with Crippen molar-refractivity contribution in [3.63, 3.8) is 0 Å². The Morgan fingerprint density at radius 1 is 1.29 bits per heavy atom. The Labute approximate surface area is 121 Å². The molecule has 1 aromatic carbocycles. The lowest BCUT2D eigenvalue weighted by Gasteiger charge is -2.03. The van der Waals surface area contributed by atoms with E-state index in [2.05, 4.69) is 15.1 Å². The Morgan fingerprint density at radius 2 is 2.10 bits per heavy atom. The number of aromatic nitrogens is 3. The highest BCUT2D eigenvalue weighted by Gasteiger charge is 2.16. The number of benzene rings is 1. The van der Waals surface area contributed by atoms with E-state index in [4.69, 9.17) is 15.4 Å². The minimum Gasteiger partial charge on any atom is -0.396 e. The predicted octanol–water partition coefficient (Wildman–Crippen LogP) is 1.98. The number of hydrogen-bond acceptors (Lipinski definition) is 6. The average Bonchev–Trinajstić information content (AvgIpc) is 2.97. The lowest BCUT2D eigenvalue weighted by atomic mass is 10.1. The number of hydrogen-bond donors (Lipinski definition) is 2. The molecular formula is C15H16N4O2. The Hall–Kier alpha value is -2.31. The van der Waals surface area contributed by atoms with Crippen LogP contribution in [0.25, 0.3) is 22.4 Å². The standard InChI is InChI=1S/C15H16N4O2/c1-9-8-13(17-12-5-3-2-4-10(9)12)14-18-15(21-19-14)11(16)6-7-20/h2-5,8,11,20H,6-7,16H2,1H3. The van der Waals surface area contributed by atoms with E-state index in [1.165, 1.54) is 0 Å². The molecule has 1 unspecified atom stereocenters.